The first-order valence-electron chi connectivity index (χ1n) is 7.10. The molecular formula is C15H24N4. The standard InChI is InChI=1S/C15H24N4/c1-4-19(9-12-6-5-7-12)13-8-10(2)18-11(3)14(13)15(16)17/h8,12H,4-7,9H2,1-3H3,(H3,16,17). The second-order valence-electron chi connectivity index (χ2n) is 5.49. The first-order valence-corrected chi connectivity index (χ1v) is 7.10. The van der Waals surface area contributed by atoms with Crippen molar-refractivity contribution in [3.05, 3.63) is 23.0 Å². The Morgan fingerprint density at radius 1 is 1.47 bits per heavy atom. The first kappa shape index (κ1) is 13.8. The molecule has 0 atom stereocenters. The summed E-state index contributed by atoms with van der Waals surface area (Å²) in [5.74, 6) is 0.917. The summed E-state index contributed by atoms with van der Waals surface area (Å²) in [6.07, 6.45) is 4.01. The zero-order valence-corrected chi connectivity index (χ0v) is 12.2. The van der Waals surface area contributed by atoms with Gasteiger partial charge in [0.15, 0.2) is 0 Å². The molecule has 0 saturated heterocycles. The van der Waals surface area contributed by atoms with Crippen molar-refractivity contribution in [3.8, 4) is 0 Å². The van der Waals surface area contributed by atoms with Gasteiger partial charge in [0.25, 0.3) is 0 Å². The fourth-order valence-corrected chi connectivity index (χ4v) is 2.78. The van der Waals surface area contributed by atoms with Gasteiger partial charge in [0.05, 0.1) is 16.9 Å². The van der Waals surface area contributed by atoms with E-state index in [1.54, 1.807) is 0 Å². The number of aromatic nitrogens is 1. The van der Waals surface area contributed by atoms with E-state index in [2.05, 4.69) is 22.9 Å². The molecule has 4 heteroatoms. The van der Waals surface area contributed by atoms with Gasteiger partial charge in [-0.2, -0.15) is 0 Å². The van der Waals surface area contributed by atoms with Crippen LogP contribution >= 0.6 is 0 Å². The number of nitrogens with zero attached hydrogens (tertiary/aromatic N) is 2. The number of pyridine rings is 1. The molecule has 1 saturated carbocycles. The second kappa shape index (κ2) is 5.59. The van der Waals surface area contributed by atoms with Crippen LogP contribution in [0.1, 0.15) is 43.1 Å². The van der Waals surface area contributed by atoms with E-state index >= 15 is 0 Å². The summed E-state index contributed by atoms with van der Waals surface area (Å²) in [4.78, 5) is 6.79. The molecule has 0 aromatic carbocycles. The lowest BCUT2D eigenvalue weighted by molar-refractivity contribution is 0.318. The summed E-state index contributed by atoms with van der Waals surface area (Å²) in [7, 11) is 0. The number of hydrogen-bond acceptors (Lipinski definition) is 3. The molecule has 3 N–H and O–H groups in total. The largest absolute Gasteiger partial charge is 0.384 e. The van der Waals surface area contributed by atoms with Crippen LogP contribution < -0.4 is 10.6 Å². The first-order chi connectivity index (χ1) is 9.02. The lowest BCUT2D eigenvalue weighted by Gasteiger charge is -2.34. The highest BCUT2D eigenvalue weighted by Crippen LogP contribution is 2.31. The molecule has 1 fully saturated rings. The van der Waals surface area contributed by atoms with E-state index < -0.39 is 0 Å². The molecule has 1 aliphatic rings. The van der Waals surface area contributed by atoms with Crippen molar-refractivity contribution in [2.75, 3.05) is 18.0 Å². The van der Waals surface area contributed by atoms with Crippen molar-refractivity contribution in [2.24, 2.45) is 11.7 Å². The van der Waals surface area contributed by atoms with E-state index in [1.807, 2.05) is 13.8 Å². The van der Waals surface area contributed by atoms with E-state index in [-0.39, 0.29) is 5.84 Å². The van der Waals surface area contributed by atoms with Crippen molar-refractivity contribution in [2.45, 2.75) is 40.0 Å². The summed E-state index contributed by atoms with van der Waals surface area (Å²) >= 11 is 0. The number of nitrogens with two attached hydrogens (primary N) is 1. The van der Waals surface area contributed by atoms with Crippen molar-refractivity contribution >= 4 is 11.5 Å². The number of amidine groups is 1. The maximum absolute atomic E-state index is 7.81. The Balaban J connectivity index is 2.36. The molecule has 2 rings (SSSR count). The summed E-state index contributed by atoms with van der Waals surface area (Å²) in [6, 6.07) is 2.06. The zero-order chi connectivity index (χ0) is 14.0. The van der Waals surface area contributed by atoms with Gasteiger partial charge in [0, 0.05) is 18.8 Å². The summed E-state index contributed by atoms with van der Waals surface area (Å²) < 4.78 is 0. The number of hydrogen-bond donors (Lipinski definition) is 2. The number of aryl methyl sites for hydroxylation is 2. The van der Waals surface area contributed by atoms with E-state index in [0.717, 1.165) is 41.6 Å². The summed E-state index contributed by atoms with van der Waals surface area (Å²) in [5, 5.41) is 7.81. The molecule has 19 heavy (non-hydrogen) atoms. The third-order valence-corrected chi connectivity index (χ3v) is 4.00. The molecule has 0 unspecified atom stereocenters. The van der Waals surface area contributed by atoms with Gasteiger partial charge in [-0.1, -0.05) is 6.42 Å². The molecule has 1 heterocycles. The molecule has 1 aromatic rings. The molecule has 0 spiro atoms. The van der Waals surface area contributed by atoms with Crippen LogP contribution in [0, 0.1) is 25.2 Å². The van der Waals surface area contributed by atoms with E-state index in [1.165, 1.54) is 19.3 Å². The molecule has 1 aliphatic carbocycles. The van der Waals surface area contributed by atoms with Crippen LogP contribution in [0.15, 0.2) is 6.07 Å². The minimum Gasteiger partial charge on any atom is -0.384 e. The second-order valence-corrected chi connectivity index (χ2v) is 5.49. The van der Waals surface area contributed by atoms with Gasteiger partial charge in [-0.05, 0) is 45.6 Å². The normalized spacial score (nSPS) is 15.1. The topological polar surface area (TPSA) is 66.0 Å². The molecule has 0 aliphatic heterocycles. The molecule has 104 valence electrons. The van der Waals surface area contributed by atoms with Crippen molar-refractivity contribution in [1.82, 2.24) is 4.98 Å². The average Bonchev–Trinajstić information content (AvgIpc) is 2.26. The molecule has 1 aromatic heterocycles. The van der Waals surface area contributed by atoms with Crippen molar-refractivity contribution in [3.63, 3.8) is 0 Å². The number of nitrogen functional groups attached to an aromatic ring is 1. The highest BCUT2D eigenvalue weighted by atomic mass is 15.1. The molecular weight excluding hydrogens is 236 g/mol. The third kappa shape index (κ3) is 2.88. The van der Waals surface area contributed by atoms with Gasteiger partial charge < -0.3 is 10.6 Å². The highest BCUT2D eigenvalue weighted by Gasteiger charge is 2.23. The molecule has 0 amide bonds. The minimum atomic E-state index is 0.118. The van der Waals surface area contributed by atoms with E-state index in [4.69, 9.17) is 11.1 Å². The monoisotopic (exact) mass is 260 g/mol. The van der Waals surface area contributed by atoms with Crippen LogP contribution in [0.3, 0.4) is 0 Å². The zero-order valence-electron chi connectivity index (χ0n) is 12.2. The van der Waals surface area contributed by atoms with Crippen LogP contribution in [0.2, 0.25) is 0 Å². The maximum Gasteiger partial charge on any atom is 0.126 e. The van der Waals surface area contributed by atoms with Gasteiger partial charge in [-0.15, -0.1) is 0 Å². The number of rotatable bonds is 5. The molecule has 0 bridgehead atoms. The van der Waals surface area contributed by atoms with Crippen LogP contribution in [0.4, 0.5) is 5.69 Å². The fraction of sp³-hybridized carbons (Fsp3) is 0.600. The van der Waals surface area contributed by atoms with E-state index in [0.29, 0.717) is 0 Å². The third-order valence-electron chi connectivity index (χ3n) is 4.00. The Hall–Kier alpha value is -1.58. The number of anilines is 1. The van der Waals surface area contributed by atoms with Crippen molar-refractivity contribution in [1.29, 1.82) is 5.41 Å². The maximum atomic E-state index is 7.81. The fourth-order valence-electron chi connectivity index (χ4n) is 2.78. The van der Waals surface area contributed by atoms with E-state index in [9.17, 15) is 0 Å². The highest BCUT2D eigenvalue weighted by molar-refractivity contribution is 6.01. The van der Waals surface area contributed by atoms with Gasteiger partial charge in [0.2, 0.25) is 0 Å². The van der Waals surface area contributed by atoms with Crippen LogP contribution in [-0.4, -0.2) is 23.9 Å². The van der Waals surface area contributed by atoms with Crippen LogP contribution in [-0.2, 0) is 0 Å². The predicted octanol–water partition coefficient (Wildman–Crippen LogP) is 2.61. The lowest BCUT2D eigenvalue weighted by atomic mass is 9.85. The van der Waals surface area contributed by atoms with Crippen LogP contribution in [0.25, 0.3) is 0 Å². The van der Waals surface area contributed by atoms with Crippen molar-refractivity contribution < 1.29 is 0 Å². The SMILES string of the molecule is CCN(CC1CCC1)c1cc(C)nc(C)c1C(=N)N. The smallest absolute Gasteiger partial charge is 0.126 e. The quantitative estimate of drug-likeness (QED) is 0.631. The Bertz CT molecular complexity index is 477. The minimum absolute atomic E-state index is 0.118. The molecule has 4 nitrogen and oxygen atoms in total. The van der Waals surface area contributed by atoms with Gasteiger partial charge >= 0.3 is 0 Å². The Morgan fingerprint density at radius 2 is 2.16 bits per heavy atom. The molecule has 0 radical (unpaired) electrons. The Morgan fingerprint density at radius 3 is 2.63 bits per heavy atom. The number of nitrogens with one attached hydrogen (secondary N) is 1. The predicted molar refractivity (Wildman–Crippen MR) is 80.0 cm³/mol. The van der Waals surface area contributed by atoms with Crippen LogP contribution in [0.5, 0.6) is 0 Å². The Labute approximate surface area is 115 Å². The van der Waals surface area contributed by atoms with Gasteiger partial charge in [0.1, 0.15) is 5.84 Å². The van der Waals surface area contributed by atoms with Gasteiger partial charge in [-0.25, -0.2) is 0 Å². The summed E-state index contributed by atoms with van der Waals surface area (Å²) in [6.45, 7) is 8.11. The Kier molecular flexibility index (Phi) is 4.08. The average molecular weight is 260 g/mol. The van der Waals surface area contributed by atoms with Gasteiger partial charge in [-0.3, -0.25) is 10.4 Å². The lowest BCUT2D eigenvalue weighted by Crippen LogP contribution is -2.34. The summed E-state index contributed by atoms with van der Waals surface area (Å²) in [5.41, 5.74) is 9.47.